The van der Waals surface area contributed by atoms with Gasteiger partial charge in [-0.1, -0.05) is 36.4 Å². The number of para-hydroxylation sites is 2. The smallest absolute Gasteiger partial charge is 0.324 e. The van der Waals surface area contributed by atoms with Gasteiger partial charge >= 0.3 is 11.9 Å². The van der Waals surface area contributed by atoms with Crippen LogP contribution in [0.1, 0.15) is 36.8 Å². The zero-order valence-corrected chi connectivity index (χ0v) is 16.2. The van der Waals surface area contributed by atoms with Crippen molar-refractivity contribution in [3.63, 3.8) is 0 Å². The Bertz CT molecular complexity index is 1060. The van der Waals surface area contributed by atoms with Crippen LogP contribution < -0.4 is 5.32 Å². The minimum Gasteiger partial charge on any atom is -0.422 e. The minimum atomic E-state index is -1.54. The molecule has 0 aliphatic carbocycles. The topological polar surface area (TPSA) is 125 Å². The second-order valence-corrected chi connectivity index (χ2v) is 7.62. The second-order valence-electron chi connectivity index (χ2n) is 7.62. The molecule has 0 spiro atoms. The number of fused-ring (bicyclic) bond motifs is 1. The fourth-order valence-electron chi connectivity index (χ4n) is 4.10. The number of nitrogens with one attached hydrogen (secondary N) is 1. The molecule has 1 amide bonds. The summed E-state index contributed by atoms with van der Waals surface area (Å²) in [5.74, 6) is -7.47. The highest BCUT2D eigenvalue weighted by Crippen LogP contribution is 2.49. The molecule has 0 saturated carbocycles. The van der Waals surface area contributed by atoms with Crippen molar-refractivity contribution in [1.29, 1.82) is 0 Å². The first kappa shape index (κ1) is 19.6. The molecule has 0 bridgehead atoms. The number of cyclic esters (lactones) is 2. The molecule has 1 N–H and O–H groups in total. The van der Waals surface area contributed by atoms with Crippen molar-refractivity contribution in [2.45, 2.75) is 31.5 Å². The average Bonchev–Trinajstić information content (AvgIpc) is 2.99. The molecule has 2 aliphatic heterocycles. The summed E-state index contributed by atoms with van der Waals surface area (Å²) in [5.41, 5.74) is 0.841. The predicted octanol–water partition coefficient (Wildman–Crippen LogP) is 2.87. The molecular weight excluding hydrogens is 392 g/mol. The van der Waals surface area contributed by atoms with Crippen molar-refractivity contribution < 1.29 is 28.8 Å². The van der Waals surface area contributed by atoms with Crippen LogP contribution in [0.4, 0.5) is 11.4 Å². The molecule has 0 aromatic heterocycles. The van der Waals surface area contributed by atoms with Crippen molar-refractivity contribution in [3.05, 3.63) is 69.8 Å². The summed E-state index contributed by atoms with van der Waals surface area (Å²) in [6.07, 6.45) is 0. The van der Waals surface area contributed by atoms with Gasteiger partial charge in [0.1, 0.15) is 0 Å². The maximum Gasteiger partial charge on any atom is 0.324 e. The van der Waals surface area contributed by atoms with Crippen LogP contribution in [0.5, 0.6) is 0 Å². The molecule has 2 atom stereocenters. The highest BCUT2D eigenvalue weighted by Gasteiger charge is 2.54. The van der Waals surface area contributed by atoms with Gasteiger partial charge in [-0.3, -0.25) is 24.5 Å². The maximum atomic E-state index is 12.9. The summed E-state index contributed by atoms with van der Waals surface area (Å²) in [6, 6.07) is 12.5. The Morgan fingerprint density at radius 3 is 2.23 bits per heavy atom. The number of anilines is 1. The van der Waals surface area contributed by atoms with E-state index in [1.54, 1.807) is 30.3 Å². The lowest BCUT2D eigenvalue weighted by molar-refractivity contribution is -0.385. The summed E-state index contributed by atoms with van der Waals surface area (Å²) < 4.78 is 10.5. The fraction of sp³-hybridized carbons (Fsp3) is 0.286. The van der Waals surface area contributed by atoms with Crippen LogP contribution in [0.15, 0.2) is 48.5 Å². The van der Waals surface area contributed by atoms with Gasteiger partial charge in [-0.05, 0) is 11.6 Å². The van der Waals surface area contributed by atoms with Crippen molar-refractivity contribution in [2.75, 3.05) is 5.32 Å². The molecule has 2 aromatic carbocycles. The third kappa shape index (κ3) is 3.18. The Kier molecular flexibility index (Phi) is 4.53. The van der Waals surface area contributed by atoms with Gasteiger partial charge in [0.25, 0.3) is 11.5 Å². The fourth-order valence-corrected chi connectivity index (χ4v) is 4.10. The van der Waals surface area contributed by atoms with E-state index < -0.39 is 46.3 Å². The van der Waals surface area contributed by atoms with Gasteiger partial charge < -0.3 is 14.8 Å². The van der Waals surface area contributed by atoms with Crippen LogP contribution in [0, 0.1) is 16.0 Å². The van der Waals surface area contributed by atoms with Crippen molar-refractivity contribution in [2.24, 2.45) is 5.92 Å². The summed E-state index contributed by atoms with van der Waals surface area (Å²) in [4.78, 5) is 49.7. The summed E-state index contributed by atoms with van der Waals surface area (Å²) in [6.45, 7) is 2.83. The van der Waals surface area contributed by atoms with Crippen molar-refractivity contribution in [3.8, 4) is 0 Å². The normalized spacial score (nSPS) is 21.3. The van der Waals surface area contributed by atoms with Gasteiger partial charge in [0.15, 0.2) is 5.92 Å². The minimum absolute atomic E-state index is 0.0814. The van der Waals surface area contributed by atoms with Crippen LogP contribution in [0.25, 0.3) is 0 Å². The summed E-state index contributed by atoms with van der Waals surface area (Å²) >= 11 is 0. The zero-order chi connectivity index (χ0) is 21.6. The number of nitro groups is 1. The van der Waals surface area contributed by atoms with Crippen molar-refractivity contribution in [1.82, 2.24) is 0 Å². The molecule has 9 heteroatoms. The highest BCUT2D eigenvalue weighted by atomic mass is 16.7. The Morgan fingerprint density at radius 1 is 0.967 bits per heavy atom. The van der Waals surface area contributed by atoms with Crippen LogP contribution in [0.2, 0.25) is 0 Å². The number of carbonyl (C=O) groups excluding carboxylic acids is 3. The monoisotopic (exact) mass is 410 g/mol. The first-order chi connectivity index (χ1) is 14.2. The lowest BCUT2D eigenvalue weighted by Crippen LogP contribution is -2.49. The van der Waals surface area contributed by atoms with Gasteiger partial charge in [-0.15, -0.1) is 0 Å². The molecule has 9 nitrogen and oxygen atoms in total. The van der Waals surface area contributed by atoms with Crippen LogP contribution in [-0.2, 0) is 23.9 Å². The SMILES string of the molecule is CC1(C)OC(=O)C(C(c2ccccc2[N+](=O)[O-])C2C(=O)Nc3ccccc32)C(=O)O1. The number of carbonyl (C=O) groups is 3. The van der Waals surface area contributed by atoms with E-state index in [0.29, 0.717) is 11.3 Å². The Morgan fingerprint density at radius 2 is 1.57 bits per heavy atom. The molecule has 30 heavy (non-hydrogen) atoms. The van der Waals surface area contributed by atoms with E-state index in [2.05, 4.69) is 5.32 Å². The molecule has 2 aromatic rings. The Balaban J connectivity index is 1.92. The third-order valence-electron chi connectivity index (χ3n) is 5.25. The zero-order valence-electron chi connectivity index (χ0n) is 16.2. The Hall–Kier alpha value is -3.75. The summed E-state index contributed by atoms with van der Waals surface area (Å²) in [5, 5.41) is 14.4. The number of ether oxygens (including phenoxy) is 2. The third-order valence-corrected chi connectivity index (χ3v) is 5.25. The molecule has 1 saturated heterocycles. The van der Waals surface area contributed by atoms with Crippen molar-refractivity contribution >= 4 is 29.2 Å². The second kappa shape index (κ2) is 6.94. The van der Waals surface area contributed by atoms with E-state index in [1.807, 2.05) is 0 Å². The number of amides is 1. The number of esters is 2. The lowest BCUT2D eigenvalue weighted by Gasteiger charge is -2.37. The molecule has 154 valence electrons. The van der Waals surface area contributed by atoms with Crippen LogP contribution >= 0.6 is 0 Å². The molecule has 1 fully saturated rings. The van der Waals surface area contributed by atoms with Gasteiger partial charge in [0, 0.05) is 37.1 Å². The number of hydrogen-bond acceptors (Lipinski definition) is 7. The van der Waals surface area contributed by atoms with Crippen LogP contribution in [0.3, 0.4) is 0 Å². The largest absolute Gasteiger partial charge is 0.422 e. The molecule has 0 radical (unpaired) electrons. The first-order valence-electron chi connectivity index (χ1n) is 9.28. The van der Waals surface area contributed by atoms with E-state index in [-0.39, 0.29) is 11.3 Å². The van der Waals surface area contributed by atoms with Gasteiger partial charge in [0.05, 0.1) is 10.8 Å². The number of nitro benzene ring substituents is 1. The average molecular weight is 410 g/mol. The standard InChI is InChI=1S/C21H18N2O7/c1-21(2)29-19(25)17(20(26)30-21)15(12-8-4-6-10-14(12)23(27)28)16-11-7-3-5-9-13(11)22-18(16)24/h3-10,15-17H,1-2H3,(H,22,24). The first-order valence-corrected chi connectivity index (χ1v) is 9.28. The van der Waals surface area contributed by atoms with Gasteiger partial charge in [-0.25, -0.2) is 0 Å². The van der Waals surface area contributed by atoms with Gasteiger partial charge in [0.2, 0.25) is 5.91 Å². The quantitative estimate of drug-likeness (QED) is 0.356. The number of hydrogen-bond donors (Lipinski definition) is 1. The molecule has 2 unspecified atom stereocenters. The molecule has 4 rings (SSSR count). The van der Waals surface area contributed by atoms with E-state index in [1.165, 1.54) is 32.0 Å². The lowest BCUT2D eigenvalue weighted by atomic mass is 9.73. The van der Waals surface area contributed by atoms with E-state index in [4.69, 9.17) is 9.47 Å². The number of nitrogens with zero attached hydrogens (tertiary/aromatic N) is 1. The molecular formula is C21H18N2O7. The molecule has 2 aliphatic rings. The van der Waals surface area contributed by atoms with E-state index in [0.717, 1.165) is 0 Å². The van der Waals surface area contributed by atoms with E-state index >= 15 is 0 Å². The van der Waals surface area contributed by atoms with Crippen LogP contribution in [-0.4, -0.2) is 28.6 Å². The molecule has 2 heterocycles. The summed E-state index contributed by atoms with van der Waals surface area (Å²) in [7, 11) is 0. The van der Waals surface area contributed by atoms with E-state index in [9.17, 15) is 24.5 Å². The Labute approximate surface area is 171 Å². The predicted molar refractivity (Wildman–Crippen MR) is 103 cm³/mol. The maximum absolute atomic E-state index is 12.9. The van der Waals surface area contributed by atoms with Gasteiger partial charge in [-0.2, -0.15) is 0 Å². The number of benzene rings is 2. The highest BCUT2D eigenvalue weighted by molar-refractivity contribution is 6.06. The number of rotatable bonds is 4.